The number of anilines is 1. The first-order valence-electron chi connectivity index (χ1n) is 6.65. The van der Waals surface area contributed by atoms with Crippen molar-refractivity contribution in [3.05, 3.63) is 29.6 Å². The summed E-state index contributed by atoms with van der Waals surface area (Å²) in [6, 6.07) is 5.02. The SMILES string of the molecule is CC(C)CCN(C)c1ccc(F)cc1CC(C)N. The normalized spacial score (nSPS) is 12.8. The molecule has 0 aliphatic rings. The summed E-state index contributed by atoms with van der Waals surface area (Å²) in [5.41, 5.74) is 7.91. The molecule has 1 rings (SSSR count). The second-order valence-corrected chi connectivity index (χ2v) is 5.56. The lowest BCUT2D eigenvalue weighted by atomic mass is 10.0. The van der Waals surface area contributed by atoms with Gasteiger partial charge in [0.05, 0.1) is 0 Å². The lowest BCUT2D eigenvalue weighted by Gasteiger charge is -2.24. The predicted molar refractivity (Wildman–Crippen MR) is 76.5 cm³/mol. The van der Waals surface area contributed by atoms with Crippen LogP contribution >= 0.6 is 0 Å². The van der Waals surface area contributed by atoms with Crippen LogP contribution in [0.3, 0.4) is 0 Å². The molecular formula is C15H25FN2. The van der Waals surface area contributed by atoms with Gasteiger partial charge < -0.3 is 10.6 Å². The topological polar surface area (TPSA) is 29.3 Å². The second-order valence-electron chi connectivity index (χ2n) is 5.56. The average Bonchev–Trinajstić information content (AvgIpc) is 2.25. The number of rotatable bonds is 6. The fourth-order valence-electron chi connectivity index (χ4n) is 2.01. The minimum absolute atomic E-state index is 0.0454. The largest absolute Gasteiger partial charge is 0.374 e. The third-order valence-corrected chi connectivity index (χ3v) is 3.04. The zero-order valence-corrected chi connectivity index (χ0v) is 11.9. The third-order valence-electron chi connectivity index (χ3n) is 3.04. The van der Waals surface area contributed by atoms with Crippen molar-refractivity contribution in [1.29, 1.82) is 0 Å². The Hall–Kier alpha value is -1.09. The van der Waals surface area contributed by atoms with Crippen molar-refractivity contribution in [2.24, 2.45) is 11.7 Å². The molecule has 0 fully saturated rings. The summed E-state index contributed by atoms with van der Waals surface area (Å²) in [6.07, 6.45) is 1.84. The quantitative estimate of drug-likeness (QED) is 0.842. The van der Waals surface area contributed by atoms with Crippen molar-refractivity contribution in [1.82, 2.24) is 0 Å². The van der Waals surface area contributed by atoms with E-state index in [0.717, 1.165) is 24.2 Å². The summed E-state index contributed by atoms with van der Waals surface area (Å²) >= 11 is 0. The Morgan fingerprint density at radius 2 is 1.94 bits per heavy atom. The Labute approximate surface area is 110 Å². The van der Waals surface area contributed by atoms with Crippen molar-refractivity contribution >= 4 is 5.69 Å². The molecule has 0 amide bonds. The van der Waals surface area contributed by atoms with Crippen LogP contribution in [-0.2, 0) is 6.42 Å². The van der Waals surface area contributed by atoms with Gasteiger partial charge in [0.25, 0.3) is 0 Å². The average molecular weight is 252 g/mol. The van der Waals surface area contributed by atoms with Crippen LogP contribution in [0.1, 0.15) is 32.8 Å². The van der Waals surface area contributed by atoms with Gasteiger partial charge in [-0.25, -0.2) is 4.39 Å². The first kappa shape index (κ1) is 15.0. The van der Waals surface area contributed by atoms with Crippen molar-refractivity contribution in [3.63, 3.8) is 0 Å². The maximum atomic E-state index is 13.3. The molecule has 0 saturated carbocycles. The van der Waals surface area contributed by atoms with Crippen LogP contribution in [0.4, 0.5) is 10.1 Å². The van der Waals surface area contributed by atoms with Gasteiger partial charge in [-0.05, 0) is 49.4 Å². The van der Waals surface area contributed by atoms with E-state index in [1.165, 1.54) is 6.07 Å². The van der Waals surface area contributed by atoms with E-state index in [-0.39, 0.29) is 11.9 Å². The molecule has 1 aromatic carbocycles. The van der Waals surface area contributed by atoms with Crippen molar-refractivity contribution in [2.45, 2.75) is 39.7 Å². The molecular weight excluding hydrogens is 227 g/mol. The summed E-state index contributed by atoms with van der Waals surface area (Å²) < 4.78 is 13.3. The highest BCUT2D eigenvalue weighted by atomic mass is 19.1. The number of hydrogen-bond donors (Lipinski definition) is 1. The first-order valence-corrected chi connectivity index (χ1v) is 6.65. The molecule has 0 aromatic heterocycles. The van der Waals surface area contributed by atoms with Gasteiger partial charge in [0.2, 0.25) is 0 Å². The summed E-state index contributed by atoms with van der Waals surface area (Å²) in [6.45, 7) is 7.35. The maximum Gasteiger partial charge on any atom is 0.123 e. The van der Waals surface area contributed by atoms with E-state index < -0.39 is 0 Å². The minimum Gasteiger partial charge on any atom is -0.374 e. The standard InChI is InChI=1S/C15H25FN2/c1-11(2)7-8-18(4)15-6-5-14(16)10-13(15)9-12(3)17/h5-6,10-12H,7-9,17H2,1-4H3. The van der Waals surface area contributed by atoms with E-state index in [2.05, 4.69) is 25.8 Å². The molecule has 18 heavy (non-hydrogen) atoms. The van der Waals surface area contributed by atoms with Crippen LogP contribution in [0, 0.1) is 11.7 Å². The third kappa shape index (κ3) is 4.65. The van der Waals surface area contributed by atoms with Gasteiger partial charge in [-0.3, -0.25) is 0 Å². The Balaban J connectivity index is 2.85. The van der Waals surface area contributed by atoms with Crippen molar-refractivity contribution in [3.8, 4) is 0 Å². The Kier molecular flexibility index (Phi) is 5.60. The smallest absolute Gasteiger partial charge is 0.123 e. The molecule has 102 valence electrons. The Morgan fingerprint density at radius 1 is 1.28 bits per heavy atom. The summed E-state index contributed by atoms with van der Waals surface area (Å²) in [5, 5.41) is 0. The van der Waals surface area contributed by atoms with Gasteiger partial charge >= 0.3 is 0 Å². The number of hydrogen-bond acceptors (Lipinski definition) is 2. The fraction of sp³-hybridized carbons (Fsp3) is 0.600. The van der Waals surface area contributed by atoms with Crippen LogP contribution in [0.2, 0.25) is 0 Å². The van der Waals surface area contributed by atoms with Gasteiger partial charge in [0.1, 0.15) is 5.82 Å². The Bertz CT molecular complexity index is 375. The lowest BCUT2D eigenvalue weighted by Crippen LogP contribution is -2.24. The maximum absolute atomic E-state index is 13.3. The minimum atomic E-state index is -0.188. The van der Waals surface area contributed by atoms with Crippen LogP contribution in [0.15, 0.2) is 18.2 Å². The van der Waals surface area contributed by atoms with E-state index in [1.807, 2.05) is 13.0 Å². The lowest BCUT2D eigenvalue weighted by molar-refractivity contribution is 0.583. The molecule has 0 saturated heterocycles. The van der Waals surface area contributed by atoms with Crippen molar-refractivity contribution < 1.29 is 4.39 Å². The van der Waals surface area contributed by atoms with E-state index in [1.54, 1.807) is 6.07 Å². The Morgan fingerprint density at radius 3 is 2.50 bits per heavy atom. The molecule has 1 atom stereocenters. The predicted octanol–water partition coefficient (Wildman–Crippen LogP) is 3.20. The summed E-state index contributed by atoms with van der Waals surface area (Å²) in [7, 11) is 2.06. The first-order chi connectivity index (χ1) is 8.40. The molecule has 3 heteroatoms. The molecule has 2 nitrogen and oxygen atoms in total. The molecule has 0 aliphatic carbocycles. The van der Waals surface area contributed by atoms with E-state index in [0.29, 0.717) is 12.3 Å². The molecule has 1 aromatic rings. The van der Waals surface area contributed by atoms with E-state index in [4.69, 9.17) is 5.73 Å². The molecule has 0 spiro atoms. The van der Waals surface area contributed by atoms with Crippen LogP contribution in [0.5, 0.6) is 0 Å². The molecule has 0 aliphatic heterocycles. The zero-order valence-electron chi connectivity index (χ0n) is 11.9. The van der Waals surface area contributed by atoms with Gasteiger partial charge in [0.15, 0.2) is 0 Å². The summed E-state index contributed by atoms with van der Waals surface area (Å²) in [5.74, 6) is 0.483. The fourth-order valence-corrected chi connectivity index (χ4v) is 2.01. The molecule has 0 radical (unpaired) electrons. The number of benzene rings is 1. The monoisotopic (exact) mass is 252 g/mol. The molecule has 0 heterocycles. The highest BCUT2D eigenvalue weighted by Gasteiger charge is 2.10. The summed E-state index contributed by atoms with van der Waals surface area (Å²) in [4.78, 5) is 2.19. The van der Waals surface area contributed by atoms with Gasteiger partial charge in [-0.2, -0.15) is 0 Å². The zero-order chi connectivity index (χ0) is 13.7. The van der Waals surface area contributed by atoms with Crippen LogP contribution < -0.4 is 10.6 Å². The molecule has 0 bridgehead atoms. The van der Waals surface area contributed by atoms with Crippen LogP contribution in [-0.4, -0.2) is 19.6 Å². The highest BCUT2D eigenvalue weighted by molar-refractivity contribution is 5.53. The van der Waals surface area contributed by atoms with E-state index >= 15 is 0 Å². The number of nitrogens with zero attached hydrogens (tertiary/aromatic N) is 1. The molecule has 1 unspecified atom stereocenters. The van der Waals surface area contributed by atoms with E-state index in [9.17, 15) is 4.39 Å². The number of nitrogens with two attached hydrogens (primary N) is 1. The van der Waals surface area contributed by atoms with Gasteiger partial charge in [-0.15, -0.1) is 0 Å². The number of halogens is 1. The van der Waals surface area contributed by atoms with Gasteiger partial charge in [-0.1, -0.05) is 13.8 Å². The highest BCUT2D eigenvalue weighted by Crippen LogP contribution is 2.22. The molecule has 2 N–H and O–H groups in total. The van der Waals surface area contributed by atoms with Gasteiger partial charge in [0, 0.05) is 25.3 Å². The van der Waals surface area contributed by atoms with Crippen LogP contribution in [0.25, 0.3) is 0 Å². The van der Waals surface area contributed by atoms with Crippen molar-refractivity contribution in [2.75, 3.05) is 18.5 Å². The second kappa shape index (κ2) is 6.74.